The number of carbonyl (C=O) groups is 1. The number of carboxylic acids is 1. The molecule has 0 fully saturated rings. The third kappa shape index (κ3) is 3.55. The number of nitrogens with zero attached hydrogens (tertiary/aromatic N) is 2. The van der Waals surface area contributed by atoms with Crippen LogP contribution in [0.1, 0.15) is 11.3 Å². The number of nitro benzene ring substituents is 1. The highest BCUT2D eigenvalue weighted by atomic mass is 16.6. The zero-order chi connectivity index (χ0) is 18.0. The highest BCUT2D eigenvalue weighted by molar-refractivity contribution is 5.93. The van der Waals surface area contributed by atoms with Gasteiger partial charge in [-0.2, -0.15) is 0 Å². The van der Waals surface area contributed by atoms with E-state index in [1.54, 1.807) is 31.2 Å². The molecular weight excluding hydrogens is 322 g/mol. The lowest BCUT2D eigenvalue weighted by molar-refractivity contribution is -0.385. The molecule has 0 saturated heterocycles. The summed E-state index contributed by atoms with van der Waals surface area (Å²) in [7, 11) is 0. The number of pyridine rings is 1. The molecule has 0 spiro atoms. The number of aromatic nitrogens is 1. The molecule has 1 heterocycles. The average Bonchev–Trinajstić information content (AvgIpc) is 2.55. The van der Waals surface area contributed by atoms with E-state index in [4.69, 9.17) is 5.11 Å². The SMILES string of the molecule is Cc1ccc(Nc2cc(CC(=O)O)nc3ccccc23)cc1[N+](=O)[O-]. The van der Waals surface area contributed by atoms with Crippen molar-refractivity contribution in [2.24, 2.45) is 0 Å². The molecule has 0 aliphatic rings. The van der Waals surface area contributed by atoms with Gasteiger partial charge in [0.1, 0.15) is 0 Å². The Hall–Kier alpha value is -3.48. The standard InChI is InChI=1S/C18H15N3O4/c1-11-6-7-12(9-17(11)21(24)25)19-16-8-13(10-18(22)23)20-15-5-3-2-4-14(15)16/h2-9H,10H2,1H3,(H,19,20)(H,22,23). The monoisotopic (exact) mass is 337 g/mol. The van der Waals surface area contributed by atoms with Gasteiger partial charge in [-0.25, -0.2) is 0 Å². The maximum atomic E-state index is 11.1. The lowest BCUT2D eigenvalue weighted by atomic mass is 10.1. The first-order valence-electron chi connectivity index (χ1n) is 7.56. The lowest BCUT2D eigenvalue weighted by Gasteiger charge is -2.12. The highest BCUT2D eigenvalue weighted by Crippen LogP contribution is 2.29. The normalized spacial score (nSPS) is 10.6. The minimum atomic E-state index is -0.972. The molecule has 0 amide bonds. The van der Waals surface area contributed by atoms with E-state index in [0.717, 1.165) is 5.39 Å². The van der Waals surface area contributed by atoms with Crippen molar-refractivity contribution in [1.29, 1.82) is 0 Å². The number of fused-ring (bicyclic) bond motifs is 1. The van der Waals surface area contributed by atoms with Gasteiger partial charge in [-0.05, 0) is 25.1 Å². The number of rotatable bonds is 5. The molecule has 0 aliphatic carbocycles. The van der Waals surface area contributed by atoms with Crippen molar-refractivity contribution in [2.75, 3.05) is 5.32 Å². The Morgan fingerprint density at radius 2 is 2.00 bits per heavy atom. The van der Waals surface area contributed by atoms with Crippen molar-refractivity contribution in [3.05, 3.63) is 69.9 Å². The Balaban J connectivity index is 2.07. The summed E-state index contributed by atoms with van der Waals surface area (Å²) in [6.07, 6.45) is -0.201. The van der Waals surface area contributed by atoms with Crippen molar-refractivity contribution in [2.45, 2.75) is 13.3 Å². The molecule has 0 unspecified atom stereocenters. The van der Waals surface area contributed by atoms with Crippen molar-refractivity contribution in [3.63, 3.8) is 0 Å². The third-order valence-corrected chi connectivity index (χ3v) is 3.79. The summed E-state index contributed by atoms with van der Waals surface area (Å²) in [5.74, 6) is -0.972. The summed E-state index contributed by atoms with van der Waals surface area (Å²) in [4.78, 5) is 26.0. The summed E-state index contributed by atoms with van der Waals surface area (Å²) in [6.45, 7) is 1.68. The van der Waals surface area contributed by atoms with Crippen LogP contribution in [0.4, 0.5) is 17.1 Å². The third-order valence-electron chi connectivity index (χ3n) is 3.79. The van der Waals surface area contributed by atoms with Gasteiger partial charge >= 0.3 is 5.97 Å². The fraction of sp³-hybridized carbons (Fsp3) is 0.111. The molecule has 2 N–H and O–H groups in total. The van der Waals surface area contributed by atoms with Gasteiger partial charge in [0.25, 0.3) is 5.69 Å². The number of nitro groups is 1. The number of para-hydroxylation sites is 1. The van der Waals surface area contributed by atoms with Crippen LogP contribution < -0.4 is 5.32 Å². The van der Waals surface area contributed by atoms with E-state index in [1.807, 2.05) is 18.2 Å². The number of hydrogen-bond acceptors (Lipinski definition) is 5. The second-order valence-electron chi connectivity index (χ2n) is 5.63. The van der Waals surface area contributed by atoms with Gasteiger partial charge in [0.05, 0.1) is 22.6 Å². The zero-order valence-electron chi connectivity index (χ0n) is 13.4. The molecule has 0 saturated carbocycles. The maximum absolute atomic E-state index is 11.1. The largest absolute Gasteiger partial charge is 0.481 e. The smallest absolute Gasteiger partial charge is 0.309 e. The summed E-state index contributed by atoms with van der Waals surface area (Å²) >= 11 is 0. The molecule has 1 aromatic heterocycles. The van der Waals surface area contributed by atoms with Crippen LogP contribution >= 0.6 is 0 Å². The quantitative estimate of drug-likeness (QED) is 0.541. The number of nitrogens with one attached hydrogen (secondary N) is 1. The maximum Gasteiger partial charge on any atom is 0.309 e. The number of carboxylic acid groups (broad SMARTS) is 1. The van der Waals surface area contributed by atoms with Crippen LogP contribution in [0, 0.1) is 17.0 Å². The molecule has 0 atom stereocenters. The molecule has 0 bridgehead atoms. The highest BCUT2D eigenvalue weighted by Gasteiger charge is 2.13. The molecule has 7 heteroatoms. The van der Waals surface area contributed by atoms with Gasteiger partial charge in [-0.15, -0.1) is 0 Å². The van der Waals surface area contributed by atoms with Crippen LogP contribution in [0.2, 0.25) is 0 Å². The minimum Gasteiger partial charge on any atom is -0.481 e. The van der Waals surface area contributed by atoms with Crippen LogP contribution in [-0.4, -0.2) is 21.0 Å². The van der Waals surface area contributed by atoms with Crippen LogP contribution in [-0.2, 0) is 11.2 Å². The Morgan fingerprint density at radius 3 is 2.72 bits per heavy atom. The molecule has 0 aliphatic heterocycles. The second-order valence-corrected chi connectivity index (χ2v) is 5.63. The minimum absolute atomic E-state index is 0.0223. The molecule has 25 heavy (non-hydrogen) atoms. The van der Waals surface area contributed by atoms with Crippen molar-refractivity contribution >= 4 is 33.9 Å². The first kappa shape index (κ1) is 16.4. The van der Waals surface area contributed by atoms with E-state index in [-0.39, 0.29) is 12.1 Å². The van der Waals surface area contributed by atoms with Gasteiger partial charge in [0.15, 0.2) is 0 Å². The number of hydrogen-bond donors (Lipinski definition) is 2. The fourth-order valence-electron chi connectivity index (χ4n) is 2.62. The summed E-state index contributed by atoms with van der Waals surface area (Å²) in [5.41, 5.74) is 2.87. The van der Waals surface area contributed by atoms with Gasteiger partial charge in [0, 0.05) is 28.4 Å². The van der Waals surface area contributed by atoms with E-state index in [0.29, 0.717) is 28.1 Å². The topological polar surface area (TPSA) is 105 Å². The van der Waals surface area contributed by atoms with Crippen LogP contribution in [0.15, 0.2) is 48.5 Å². The first-order chi connectivity index (χ1) is 11.9. The van der Waals surface area contributed by atoms with Crippen molar-refractivity contribution < 1.29 is 14.8 Å². The number of benzene rings is 2. The Kier molecular flexibility index (Phi) is 4.30. The van der Waals surface area contributed by atoms with E-state index in [2.05, 4.69) is 10.3 Å². The van der Waals surface area contributed by atoms with Gasteiger partial charge in [0.2, 0.25) is 0 Å². The lowest BCUT2D eigenvalue weighted by Crippen LogP contribution is -2.04. The molecule has 3 rings (SSSR count). The predicted molar refractivity (Wildman–Crippen MR) is 94.2 cm³/mol. The zero-order valence-corrected chi connectivity index (χ0v) is 13.4. The second kappa shape index (κ2) is 6.56. The Bertz CT molecular complexity index is 985. The van der Waals surface area contributed by atoms with E-state index >= 15 is 0 Å². The van der Waals surface area contributed by atoms with E-state index in [9.17, 15) is 14.9 Å². The summed E-state index contributed by atoms with van der Waals surface area (Å²) in [5, 5.41) is 24.1. The van der Waals surface area contributed by atoms with Crippen LogP contribution in [0.25, 0.3) is 10.9 Å². The van der Waals surface area contributed by atoms with E-state index < -0.39 is 10.9 Å². The molecule has 7 nitrogen and oxygen atoms in total. The Morgan fingerprint density at radius 1 is 1.24 bits per heavy atom. The summed E-state index contributed by atoms with van der Waals surface area (Å²) < 4.78 is 0. The molecule has 3 aromatic rings. The Labute approximate surface area is 143 Å². The molecule has 126 valence electrons. The van der Waals surface area contributed by atoms with Crippen molar-refractivity contribution in [3.8, 4) is 0 Å². The van der Waals surface area contributed by atoms with E-state index in [1.165, 1.54) is 6.07 Å². The molecule has 2 aromatic carbocycles. The fourth-order valence-corrected chi connectivity index (χ4v) is 2.62. The molecule has 0 radical (unpaired) electrons. The number of aryl methyl sites for hydroxylation is 1. The van der Waals surface area contributed by atoms with Crippen LogP contribution in [0.5, 0.6) is 0 Å². The van der Waals surface area contributed by atoms with Crippen LogP contribution in [0.3, 0.4) is 0 Å². The number of aliphatic carboxylic acids is 1. The number of anilines is 2. The van der Waals surface area contributed by atoms with Crippen molar-refractivity contribution in [1.82, 2.24) is 4.98 Å². The van der Waals surface area contributed by atoms with Gasteiger partial charge in [-0.1, -0.05) is 24.3 Å². The average molecular weight is 337 g/mol. The molecular formula is C18H15N3O4. The van der Waals surface area contributed by atoms with Gasteiger partial charge in [-0.3, -0.25) is 19.9 Å². The first-order valence-corrected chi connectivity index (χ1v) is 7.56. The van der Waals surface area contributed by atoms with Gasteiger partial charge < -0.3 is 10.4 Å². The summed E-state index contributed by atoms with van der Waals surface area (Å²) in [6, 6.07) is 13.9. The predicted octanol–water partition coefficient (Wildman–Crippen LogP) is 3.82.